The molecule has 1 aliphatic rings. The minimum atomic E-state index is 0.375. The van der Waals surface area contributed by atoms with E-state index in [0.717, 1.165) is 11.4 Å². The van der Waals surface area contributed by atoms with Gasteiger partial charge in [-0.1, -0.05) is 5.57 Å². The average Bonchev–Trinajstić information content (AvgIpc) is 2.57. The Hall–Kier alpha value is -0.670. The minimum Gasteiger partial charge on any atom is -0.327 e. The van der Waals surface area contributed by atoms with Crippen LogP contribution < -0.4 is 5.73 Å². The number of hydrogen-bond donors (Lipinski definition) is 1. The number of thiazole rings is 1. The van der Waals surface area contributed by atoms with E-state index in [1.54, 1.807) is 11.3 Å². The van der Waals surface area contributed by atoms with Crippen LogP contribution in [-0.4, -0.2) is 11.0 Å². The van der Waals surface area contributed by atoms with Crippen LogP contribution in [-0.2, 0) is 0 Å². The number of nitrogens with two attached hydrogens (primary N) is 1. The highest BCUT2D eigenvalue weighted by Gasteiger charge is 2.12. The van der Waals surface area contributed by atoms with Gasteiger partial charge in [-0.15, -0.1) is 11.3 Å². The van der Waals surface area contributed by atoms with Crippen molar-refractivity contribution in [3.63, 3.8) is 0 Å². The van der Waals surface area contributed by atoms with E-state index in [-0.39, 0.29) is 0 Å². The number of rotatable bonds is 1. The molecule has 1 aromatic rings. The molecule has 13 heavy (non-hydrogen) atoms. The summed E-state index contributed by atoms with van der Waals surface area (Å²) in [4.78, 5) is 4.24. The van der Waals surface area contributed by atoms with E-state index in [1.807, 2.05) is 11.6 Å². The second-order valence-corrected chi connectivity index (χ2v) is 4.46. The molecule has 0 saturated heterocycles. The second kappa shape index (κ2) is 4.03. The molecule has 1 unspecified atom stereocenters. The normalized spacial score (nSPS) is 26.5. The van der Waals surface area contributed by atoms with Crippen molar-refractivity contribution < 1.29 is 0 Å². The zero-order chi connectivity index (χ0) is 9.10. The van der Waals surface area contributed by atoms with Crippen LogP contribution in [0.5, 0.6) is 0 Å². The van der Waals surface area contributed by atoms with Gasteiger partial charge in [-0.05, 0) is 31.8 Å². The Morgan fingerprint density at radius 1 is 1.62 bits per heavy atom. The maximum Gasteiger partial charge on any atom is 0.115 e. The average molecular weight is 194 g/mol. The molecule has 1 atom stereocenters. The van der Waals surface area contributed by atoms with Crippen LogP contribution in [0, 0.1) is 0 Å². The van der Waals surface area contributed by atoms with E-state index in [1.165, 1.54) is 24.8 Å². The zero-order valence-corrected chi connectivity index (χ0v) is 8.39. The van der Waals surface area contributed by atoms with Crippen molar-refractivity contribution in [1.82, 2.24) is 4.98 Å². The Morgan fingerprint density at radius 3 is 3.23 bits per heavy atom. The van der Waals surface area contributed by atoms with Crippen molar-refractivity contribution in [3.8, 4) is 0 Å². The summed E-state index contributed by atoms with van der Waals surface area (Å²) in [6, 6.07) is 0.375. The lowest BCUT2D eigenvalue weighted by molar-refractivity contribution is 0.520. The molecule has 70 valence electrons. The molecule has 0 radical (unpaired) electrons. The predicted molar refractivity (Wildman–Crippen MR) is 56.5 cm³/mol. The summed E-state index contributed by atoms with van der Waals surface area (Å²) in [6.45, 7) is 0. The number of hydrogen-bond acceptors (Lipinski definition) is 3. The Morgan fingerprint density at radius 2 is 2.54 bits per heavy atom. The van der Waals surface area contributed by atoms with E-state index in [2.05, 4.69) is 11.1 Å². The maximum atomic E-state index is 5.90. The van der Waals surface area contributed by atoms with Crippen molar-refractivity contribution >= 4 is 17.4 Å². The Labute approximate surface area is 82.5 Å². The fourth-order valence-corrected chi connectivity index (χ4v) is 2.36. The molecule has 1 heterocycles. The lowest BCUT2D eigenvalue weighted by Gasteiger charge is -2.19. The van der Waals surface area contributed by atoms with Crippen LogP contribution in [0.25, 0.3) is 6.08 Å². The van der Waals surface area contributed by atoms with Gasteiger partial charge in [0.25, 0.3) is 0 Å². The fourth-order valence-electron chi connectivity index (χ4n) is 1.74. The SMILES string of the molecule is NC1CCCC(=Cc2nccs2)C1. The van der Waals surface area contributed by atoms with Crippen LogP contribution in [0.15, 0.2) is 17.2 Å². The molecule has 0 amide bonds. The van der Waals surface area contributed by atoms with Gasteiger partial charge in [0, 0.05) is 17.6 Å². The molecule has 1 saturated carbocycles. The van der Waals surface area contributed by atoms with Gasteiger partial charge in [0.05, 0.1) is 0 Å². The number of nitrogens with zero attached hydrogens (tertiary/aromatic N) is 1. The molecule has 0 aromatic carbocycles. The van der Waals surface area contributed by atoms with E-state index in [0.29, 0.717) is 6.04 Å². The second-order valence-electron chi connectivity index (χ2n) is 3.53. The van der Waals surface area contributed by atoms with Crippen LogP contribution in [0.4, 0.5) is 0 Å². The highest BCUT2D eigenvalue weighted by molar-refractivity contribution is 7.10. The molecule has 0 spiro atoms. The van der Waals surface area contributed by atoms with Gasteiger partial charge >= 0.3 is 0 Å². The first-order valence-corrected chi connectivity index (χ1v) is 5.57. The van der Waals surface area contributed by atoms with Crippen LogP contribution >= 0.6 is 11.3 Å². The van der Waals surface area contributed by atoms with Crippen molar-refractivity contribution in [1.29, 1.82) is 0 Å². The number of aromatic nitrogens is 1. The quantitative estimate of drug-likeness (QED) is 0.745. The highest BCUT2D eigenvalue weighted by atomic mass is 32.1. The minimum absolute atomic E-state index is 0.375. The maximum absolute atomic E-state index is 5.90. The van der Waals surface area contributed by atoms with Crippen molar-refractivity contribution in [2.75, 3.05) is 0 Å². The monoisotopic (exact) mass is 194 g/mol. The summed E-state index contributed by atoms with van der Waals surface area (Å²) in [5.74, 6) is 0. The topological polar surface area (TPSA) is 38.9 Å². The third-order valence-electron chi connectivity index (χ3n) is 2.38. The molecular weight excluding hydrogens is 180 g/mol. The molecule has 0 aliphatic heterocycles. The van der Waals surface area contributed by atoms with Crippen LogP contribution in [0.2, 0.25) is 0 Å². The van der Waals surface area contributed by atoms with Gasteiger partial charge in [-0.3, -0.25) is 0 Å². The molecule has 0 bridgehead atoms. The lowest BCUT2D eigenvalue weighted by atomic mass is 9.91. The fraction of sp³-hybridized carbons (Fsp3) is 0.500. The van der Waals surface area contributed by atoms with Gasteiger partial charge in [-0.2, -0.15) is 0 Å². The Kier molecular flexibility index (Phi) is 2.76. The summed E-state index contributed by atoms with van der Waals surface area (Å²) in [5, 5.41) is 3.12. The first-order chi connectivity index (χ1) is 6.34. The van der Waals surface area contributed by atoms with Gasteiger partial charge < -0.3 is 5.73 Å². The summed E-state index contributed by atoms with van der Waals surface area (Å²) < 4.78 is 0. The summed E-state index contributed by atoms with van der Waals surface area (Å²) in [6.07, 6.45) is 8.71. The van der Waals surface area contributed by atoms with Gasteiger partial charge in [0.2, 0.25) is 0 Å². The Balaban J connectivity index is 2.07. The van der Waals surface area contributed by atoms with E-state index < -0.39 is 0 Å². The molecular formula is C10H14N2S. The highest BCUT2D eigenvalue weighted by Crippen LogP contribution is 2.24. The van der Waals surface area contributed by atoms with Gasteiger partial charge in [0.1, 0.15) is 5.01 Å². The molecule has 2 rings (SSSR count). The third-order valence-corrected chi connectivity index (χ3v) is 3.10. The molecule has 1 aliphatic carbocycles. The van der Waals surface area contributed by atoms with Crippen LogP contribution in [0.3, 0.4) is 0 Å². The first-order valence-electron chi connectivity index (χ1n) is 4.69. The zero-order valence-electron chi connectivity index (χ0n) is 7.57. The molecule has 2 nitrogen and oxygen atoms in total. The Bertz CT molecular complexity index is 290. The van der Waals surface area contributed by atoms with Crippen molar-refractivity contribution in [3.05, 3.63) is 22.2 Å². The largest absolute Gasteiger partial charge is 0.327 e. The molecule has 1 aromatic heterocycles. The van der Waals surface area contributed by atoms with E-state index in [9.17, 15) is 0 Å². The van der Waals surface area contributed by atoms with Crippen molar-refractivity contribution in [2.24, 2.45) is 5.73 Å². The van der Waals surface area contributed by atoms with Crippen molar-refractivity contribution in [2.45, 2.75) is 31.7 Å². The predicted octanol–water partition coefficient (Wildman–Crippen LogP) is 2.43. The summed E-state index contributed by atoms with van der Waals surface area (Å²) in [5.41, 5.74) is 7.36. The summed E-state index contributed by atoms with van der Waals surface area (Å²) in [7, 11) is 0. The van der Waals surface area contributed by atoms with Gasteiger partial charge in [0.15, 0.2) is 0 Å². The molecule has 1 fully saturated rings. The summed E-state index contributed by atoms with van der Waals surface area (Å²) >= 11 is 1.69. The smallest absolute Gasteiger partial charge is 0.115 e. The van der Waals surface area contributed by atoms with Gasteiger partial charge in [-0.25, -0.2) is 4.98 Å². The molecule has 2 N–H and O–H groups in total. The standard InChI is InChI=1S/C10H14N2S/c11-9-3-1-2-8(6-9)7-10-12-4-5-13-10/h4-5,7,9H,1-3,6,11H2. The lowest BCUT2D eigenvalue weighted by Crippen LogP contribution is -2.23. The molecule has 3 heteroatoms. The third kappa shape index (κ3) is 2.39. The van der Waals surface area contributed by atoms with Crippen LogP contribution in [0.1, 0.15) is 30.7 Å². The van der Waals surface area contributed by atoms with E-state index >= 15 is 0 Å². The first kappa shape index (κ1) is 8.91. The van der Waals surface area contributed by atoms with E-state index in [4.69, 9.17) is 5.73 Å².